The van der Waals surface area contributed by atoms with Crippen molar-refractivity contribution in [1.29, 1.82) is 0 Å². The van der Waals surface area contributed by atoms with Crippen molar-refractivity contribution in [3.8, 4) is 0 Å². The van der Waals surface area contributed by atoms with E-state index in [1.165, 1.54) is 12.4 Å². The maximum absolute atomic E-state index is 9.37. The SMILES string of the molecule is NCC(O)c1c(Cl)cncc1Cl. The highest BCUT2D eigenvalue weighted by atomic mass is 35.5. The van der Waals surface area contributed by atoms with E-state index in [9.17, 15) is 5.11 Å². The predicted molar refractivity (Wildman–Crippen MR) is 48.3 cm³/mol. The molecule has 1 heterocycles. The summed E-state index contributed by atoms with van der Waals surface area (Å²) in [7, 11) is 0. The Morgan fingerprint density at radius 3 is 2.33 bits per heavy atom. The molecular formula is C7H8Cl2N2O. The van der Waals surface area contributed by atoms with E-state index >= 15 is 0 Å². The first-order chi connectivity index (χ1) is 5.66. The van der Waals surface area contributed by atoms with Gasteiger partial charge in [0.05, 0.1) is 16.1 Å². The van der Waals surface area contributed by atoms with Crippen molar-refractivity contribution in [1.82, 2.24) is 4.98 Å². The average Bonchev–Trinajstić information content (AvgIpc) is 2.03. The van der Waals surface area contributed by atoms with Crippen LogP contribution in [-0.4, -0.2) is 16.6 Å². The van der Waals surface area contributed by atoms with Gasteiger partial charge in [-0.15, -0.1) is 0 Å². The number of rotatable bonds is 2. The standard InChI is InChI=1S/C7H8Cl2N2O/c8-4-2-11-3-5(9)7(4)6(12)1-10/h2-3,6,12H,1,10H2. The number of hydrogen-bond acceptors (Lipinski definition) is 3. The highest BCUT2D eigenvalue weighted by molar-refractivity contribution is 6.35. The predicted octanol–water partition coefficient (Wildman–Crippen LogP) is 1.38. The third kappa shape index (κ3) is 1.87. The third-order valence-corrected chi connectivity index (χ3v) is 2.05. The van der Waals surface area contributed by atoms with Gasteiger partial charge in [-0.05, 0) is 0 Å². The number of hydrogen-bond donors (Lipinski definition) is 2. The van der Waals surface area contributed by atoms with Crippen molar-refractivity contribution < 1.29 is 5.11 Å². The summed E-state index contributed by atoms with van der Waals surface area (Å²) >= 11 is 11.5. The van der Waals surface area contributed by atoms with Gasteiger partial charge in [0, 0.05) is 24.5 Å². The first-order valence-corrected chi connectivity index (χ1v) is 4.09. The molecule has 0 saturated heterocycles. The first-order valence-electron chi connectivity index (χ1n) is 3.34. The summed E-state index contributed by atoms with van der Waals surface area (Å²) in [4.78, 5) is 3.75. The average molecular weight is 207 g/mol. The van der Waals surface area contributed by atoms with Crippen LogP contribution in [0.25, 0.3) is 0 Å². The molecule has 12 heavy (non-hydrogen) atoms. The molecule has 0 amide bonds. The highest BCUT2D eigenvalue weighted by Gasteiger charge is 2.13. The van der Waals surface area contributed by atoms with Gasteiger partial charge in [0.15, 0.2) is 0 Å². The molecule has 3 N–H and O–H groups in total. The number of aliphatic hydroxyl groups excluding tert-OH is 1. The van der Waals surface area contributed by atoms with Gasteiger partial charge in [0.1, 0.15) is 0 Å². The number of halogens is 2. The summed E-state index contributed by atoms with van der Waals surface area (Å²) in [6.45, 7) is 0.0868. The molecule has 0 radical (unpaired) electrons. The zero-order valence-corrected chi connectivity index (χ0v) is 7.68. The lowest BCUT2D eigenvalue weighted by Gasteiger charge is -2.10. The molecule has 0 saturated carbocycles. The number of nitrogens with two attached hydrogens (primary N) is 1. The monoisotopic (exact) mass is 206 g/mol. The van der Waals surface area contributed by atoms with Crippen LogP contribution in [0.15, 0.2) is 12.4 Å². The summed E-state index contributed by atoms with van der Waals surface area (Å²) in [5.41, 5.74) is 5.69. The lowest BCUT2D eigenvalue weighted by Crippen LogP contribution is -2.12. The smallest absolute Gasteiger partial charge is 0.0942 e. The fourth-order valence-electron chi connectivity index (χ4n) is 0.857. The lowest BCUT2D eigenvalue weighted by atomic mass is 10.1. The summed E-state index contributed by atoms with van der Waals surface area (Å²) in [6.07, 6.45) is 2.01. The molecule has 0 fully saturated rings. The van der Waals surface area contributed by atoms with Crippen LogP contribution in [0, 0.1) is 0 Å². The maximum atomic E-state index is 9.37. The molecule has 0 aliphatic carbocycles. The minimum absolute atomic E-state index is 0.0868. The van der Waals surface area contributed by atoms with Gasteiger partial charge in [0.25, 0.3) is 0 Å². The first kappa shape index (κ1) is 9.74. The van der Waals surface area contributed by atoms with Gasteiger partial charge in [-0.3, -0.25) is 4.98 Å². The molecule has 1 unspecified atom stereocenters. The van der Waals surface area contributed by atoms with Crippen LogP contribution in [0.5, 0.6) is 0 Å². The van der Waals surface area contributed by atoms with Gasteiger partial charge in [-0.25, -0.2) is 0 Å². The molecule has 0 spiro atoms. The van der Waals surface area contributed by atoms with Gasteiger partial charge in [0.2, 0.25) is 0 Å². The van der Waals surface area contributed by atoms with E-state index in [0.717, 1.165) is 0 Å². The highest BCUT2D eigenvalue weighted by Crippen LogP contribution is 2.28. The van der Waals surface area contributed by atoms with Crippen molar-refractivity contribution in [2.24, 2.45) is 5.73 Å². The van der Waals surface area contributed by atoms with E-state index in [2.05, 4.69) is 4.98 Å². The van der Waals surface area contributed by atoms with Crippen molar-refractivity contribution in [3.05, 3.63) is 28.0 Å². The molecule has 5 heteroatoms. The van der Waals surface area contributed by atoms with Crippen molar-refractivity contribution >= 4 is 23.2 Å². The molecule has 0 aliphatic heterocycles. The van der Waals surface area contributed by atoms with Gasteiger partial charge in [-0.1, -0.05) is 23.2 Å². The van der Waals surface area contributed by atoms with E-state index in [-0.39, 0.29) is 6.54 Å². The molecule has 3 nitrogen and oxygen atoms in total. The zero-order chi connectivity index (χ0) is 9.14. The van der Waals surface area contributed by atoms with Gasteiger partial charge >= 0.3 is 0 Å². The number of pyridine rings is 1. The molecular weight excluding hydrogens is 199 g/mol. The fourth-order valence-corrected chi connectivity index (χ4v) is 1.47. The minimum Gasteiger partial charge on any atom is -0.387 e. The van der Waals surface area contributed by atoms with E-state index < -0.39 is 6.10 Å². The van der Waals surface area contributed by atoms with Crippen molar-refractivity contribution in [3.63, 3.8) is 0 Å². The van der Waals surface area contributed by atoms with Crippen LogP contribution in [0.3, 0.4) is 0 Å². The third-order valence-electron chi connectivity index (χ3n) is 1.45. The van der Waals surface area contributed by atoms with E-state index in [1.807, 2.05) is 0 Å². The molecule has 1 aromatic rings. The Labute approximate surface area is 80.1 Å². The topological polar surface area (TPSA) is 59.1 Å². The number of nitrogens with zero attached hydrogens (tertiary/aromatic N) is 1. The Balaban J connectivity index is 3.12. The quantitative estimate of drug-likeness (QED) is 0.770. The van der Waals surface area contributed by atoms with E-state index in [1.54, 1.807) is 0 Å². The largest absolute Gasteiger partial charge is 0.387 e. The Morgan fingerprint density at radius 2 is 1.92 bits per heavy atom. The Hall–Kier alpha value is -0.350. The molecule has 0 aromatic carbocycles. The fraction of sp³-hybridized carbons (Fsp3) is 0.286. The summed E-state index contributed by atoms with van der Waals surface area (Å²) < 4.78 is 0. The Bertz CT molecular complexity index is 260. The van der Waals surface area contributed by atoms with Crippen molar-refractivity contribution in [2.45, 2.75) is 6.10 Å². The van der Waals surface area contributed by atoms with Crippen LogP contribution in [0.4, 0.5) is 0 Å². The van der Waals surface area contributed by atoms with Gasteiger partial charge < -0.3 is 10.8 Å². The van der Waals surface area contributed by atoms with Crippen molar-refractivity contribution in [2.75, 3.05) is 6.54 Å². The second kappa shape index (κ2) is 4.05. The maximum Gasteiger partial charge on any atom is 0.0942 e. The normalized spacial score (nSPS) is 13.0. The number of aromatic nitrogens is 1. The summed E-state index contributed by atoms with van der Waals surface area (Å²) in [6, 6.07) is 0. The zero-order valence-electron chi connectivity index (χ0n) is 6.17. The van der Waals surface area contributed by atoms with Crippen LogP contribution in [0.2, 0.25) is 10.0 Å². The second-order valence-electron chi connectivity index (χ2n) is 2.27. The molecule has 1 atom stereocenters. The second-order valence-corrected chi connectivity index (χ2v) is 3.08. The lowest BCUT2D eigenvalue weighted by molar-refractivity contribution is 0.187. The molecule has 1 aromatic heterocycles. The van der Waals surface area contributed by atoms with E-state index in [4.69, 9.17) is 28.9 Å². The molecule has 66 valence electrons. The number of aliphatic hydroxyl groups is 1. The minimum atomic E-state index is -0.826. The van der Waals surface area contributed by atoms with Crippen LogP contribution in [-0.2, 0) is 0 Å². The Kier molecular flexibility index (Phi) is 3.29. The van der Waals surface area contributed by atoms with Gasteiger partial charge in [-0.2, -0.15) is 0 Å². The van der Waals surface area contributed by atoms with E-state index in [0.29, 0.717) is 15.6 Å². The van der Waals surface area contributed by atoms with Crippen LogP contribution >= 0.6 is 23.2 Å². The molecule has 0 bridgehead atoms. The van der Waals surface area contributed by atoms with Crippen LogP contribution < -0.4 is 5.73 Å². The summed E-state index contributed by atoms with van der Waals surface area (Å²) in [5.74, 6) is 0. The Morgan fingerprint density at radius 1 is 1.42 bits per heavy atom. The molecule has 1 rings (SSSR count). The summed E-state index contributed by atoms with van der Waals surface area (Å²) in [5, 5.41) is 10.0. The molecule has 0 aliphatic rings. The van der Waals surface area contributed by atoms with Crippen LogP contribution in [0.1, 0.15) is 11.7 Å².